The van der Waals surface area contributed by atoms with E-state index < -0.39 is 10.0 Å². The largest absolute Gasteiger partial charge is 0.497 e. The van der Waals surface area contributed by atoms with Gasteiger partial charge in [0.2, 0.25) is 0 Å². The molecule has 0 radical (unpaired) electrons. The zero-order valence-electron chi connectivity index (χ0n) is 16.8. The van der Waals surface area contributed by atoms with Crippen molar-refractivity contribution in [2.45, 2.75) is 24.7 Å². The summed E-state index contributed by atoms with van der Waals surface area (Å²) in [6.45, 7) is 2.38. The van der Waals surface area contributed by atoms with Gasteiger partial charge < -0.3 is 10.1 Å². The molecule has 3 aromatic rings. The molecule has 0 aliphatic heterocycles. The van der Waals surface area contributed by atoms with Crippen molar-refractivity contribution in [2.75, 3.05) is 18.4 Å². The molecule has 2 N–H and O–H groups in total. The average Bonchev–Trinajstić information content (AvgIpc) is 3.24. The van der Waals surface area contributed by atoms with Crippen LogP contribution in [-0.4, -0.2) is 28.0 Å². The van der Waals surface area contributed by atoms with Crippen molar-refractivity contribution in [3.8, 4) is 5.75 Å². The molecule has 1 heterocycles. The molecule has 158 valence electrons. The van der Waals surface area contributed by atoms with E-state index in [9.17, 15) is 13.2 Å². The Kier molecular flexibility index (Phi) is 7.12. The van der Waals surface area contributed by atoms with E-state index in [0.717, 1.165) is 41.1 Å². The molecule has 0 spiro atoms. The second-order valence-corrected chi connectivity index (χ2v) is 9.36. The Morgan fingerprint density at radius 1 is 1.03 bits per heavy atom. The number of hydrogen-bond donors (Lipinski definition) is 2. The molecule has 3 rings (SSSR count). The van der Waals surface area contributed by atoms with Crippen LogP contribution in [0.5, 0.6) is 5.75 Å². The average molecular weight is 445 g/mol. The van der Waals surface area contributed by atoms with E-state index in [1.165, 1.54) is 6.07 Å². The molecule has 0 atom stereocenters. The third kappa shape index (κ3) is 5.61. The van der Waals surface area contributed by atoms with E-state index in [1.807, 2.05) is 43.3 Å². The molecule has 2 aromatic carbocycles. The number of amides is 1. The van der Waals surface area contributed by atoms with Crippen molar-refractivity contribution >= 4 is 33.0 Å². The zero-order chi connectivity index (χ0) is 21.6. The van der Waals surface area contributed by atoms with Crippen LogP contribution in [0.15, 0.2) is 64.9 Å². The number of nitrogens with one attached hydrogen (secondary N) is 2. The molecule has 0 unspecified atom stereocenters. The summed E-state index contributed by atoms with van der Waals surface area (Å²) in [5, 5.41) is 4.42. The number of methoxy groups -OCH3 is 1. The van der Waals surface area contributed by atoms with Crippen molar-refractivity contribution in [3.05, 3.63) is 76.0 Å². The summed E-state index contributed by atoms with van der Waals surface area (Å²) in [4.78, 5) is 12.7. The number of carbonyl (C=O) groups excluding carboxylic acids is 1. The van der Waals surface area contributed by atoms with Crippen molar-refractivity contribution in [1.29, 1.82) is 0 Å². The molecule has 1 amide bonds. The van der Waals surface area contributed by atoms with E-state index in [4.69, 9.17) is 4.74 Å². The van der Waals surface area contributed by atoms with Gasteiger partial charge in [-0.15, -0.1) is 11.3 Å². The molecule has 1 aromatic heterocycles. The zero-order valence-corrected chi connectivity index (χ0v) is 18.5. The minimum Gasteiger partial charge on any atom is -0.497 e. The van der Waals surface area contributed by atoms with Gasteiger partial charge in [-0.1, -0.05) is 29.8 Å². The lowest BCUT2D eigenvalue weighted by molar-refractivity contribution is 0.0954. The molecule has 0 saturated carbocycles. The van der Waals surface area contributed by atoms with E-state index in [-0.39, 0.29) is 15.7 Å². The van der Waals surface area contributed by atoms with Gasteiger partial charge in [-0.25, -0.2) is 8.42 Å². The van der Waals surface area contributed by atoms with E-state index >= 15 is 0 Å². The summed E-state index contributed by atoms with van der Waals surface area (Å²) in [7, 11) is -2.23. The van der Waals surface area contributed by atoms with Crippen molar-refractivity contribution in [1.82, 2.24) is 5.32 Å². The highest BCUT2D eigenvalue weighted by Gasteiger charge is 2.24. The molecular formula is C22H24N2O4S2. The van der Waals surface area contributed by atoms with Gasteiger partial charge >= 0.3 is 0 Å². The maximum Gasteiger partial charge on any atom is 0.263 e. The van der Waals surface area contributed by atoms with Gasteiger partial charge in [0.1, 0.15) is 15.5 Å². The first kappa shape index (κ1) is 21.9. The maximum absolute atomic E-state index is 12.7. The molecule has 6 nitrogen and oxygen atoms in total. The highest BCUT2D eigenvalue weighted by atomic mass is 32.2. The fourth-order valence-corrected chi connectivity index (χ4v) is 5.28. The van der Waals surface area contributed by atoms with Crippen LogP contribution in [0.1, 0.15) is 27.2 Å². The molecule has 8 heteroatoms. The Hall–Kier alpha value is -2.84. The lowest BCUT2D eigenvalue weighted by atomic mass is 10.1. The Morgan fingerprint density at radius 3 is 2.40 bits per heavy atom. The van der Waals surface area contributed by atoms with Gasteiger partial charge in [-0.2, -0.15) is 0 Å². The third-order valence-corrected chi connectivity index (χ3v) is 6.98. The van der Waals surface area contributed by atoms with Crippen molar-refractivity contribution in [2.24, 2.45) is 0 Å². The van der Waals surface area contributed by atoms with Crippen LogP contribution < -0.4 is 14.8 Å². The highest BCUT2D eigenvalue weighted by Crippen LogP contribution is 2.24. The Labute approximate surface area is 181 Å². The number of aryl methyl sites for hydroxylation is 2. The summed E-state index contributed by atoms with van der Waals surface area (Å²) < 4.78 is 33.2. The Morgan fingerprint density at radius 2 is 1.73 bits per heavy atom. The molecule has 30 heavy (non-hydrogen) atoms. The van der Waals surface area contributed by atoms with Crippen LogP contribution in [0, 0.1) is 6.92 Å². The van der Waals surface area contributed by atoms with Gasteiger partial charge in [0.15, 0.2) is 0 Å². The van der Waals surface area contributed by atoms with Gasteiger partial charge in [0.05, 0.1) is 7.11 Å². The fraction of sp³-hybridized carbons (Fsp3) is 0.227. The van der Waals surface area contributed by atoms with Crippen molar-refractivity contribution < 1.29 is 17.9 Å². The number of anilines is 1. The summed E-state index contributed by atoms with van der Waals surface area (Å²) in [5.41, 5.74) is 2.63. The number of sulfonamides is 1. The minimum atomic E-state index is -3.85. The van der Waals surface area contributed by atoms with Gasteiger partial charge in [0.25, 0.3) is 15.9 Å². The van der Waals surface area contributed by atoms with E-state index in [0.29, 0.717) is 12.2 Å². The summed E-state index contributed by atoms with van der Waals surface area (Å²) in [5.74, 6) is 0.418. The van der Waals surface area contributed by atoms with Crippen molar-refractivity contribution in [3.63, 3.8) is 0 Å². The van der Waals surface area contributed by atoms with Crippen LogP contribution in [0.2, 0.25) is 0 Å². The minimum absolute atomic E-state index is 0.0132. The first-order chi connectivity index (χ1) is 14.4. The van der Waals surface area contributed by atoms with Crippen LogP contribution in [-0.2, 0) is 16.4 Å². The Bertz CT molecular complexity index is 1090. The van der Waals surface area contributed by atoms with Gasteiger partial charge in [0, 0.05) is 12.2 Å². The van der Waals surface area contributed by atoms with Crippen LogP contribution in [0.3, 0.4) is 0 Å². The Balaban J connectivity index is 1.58. The molecule has 0 saturated heterocycles. The standard InChI is InChI=1S/C22H24N2O4S2/c1-16-5-9-18(10-6-16)24-30(26,27)20-13-15-29-21(20)22(25)23-14-3-4-17-7-11-19(28-2)12-8-17/h5-13,15,24H,3-4,14H2,1-2H3,(H,23,25). The number of hydrogen-bond acceptors (Lipinski definition) is 5. The molecule has 0 bridgehead atoms. The number of rotatable bonds is 9. The topological polar surface area (TPSA) is 84.5 Å². The predicted molar refractivity (Wildman–Crippen MR) is 120 cm³/mol. The van der Waals surface area contributed by atoms with E-state index in [2.05, 4.69) is 10.0 Å². The number of carbonyl (C=O) groups is 1. The SMILES string of the molecule is COc1ccc(CCCNC(=O)c2sccc2S(=O)(=O)Nc2ccc(C)cc2)cc1. The fourth-order valence-electron chi connectivity index (χ4n) is 2.87. The molecule has 0 aliphatic rings. The quantitative estimate of drug-likeness (QED) is 0.484. The van der Waals surface area contributed by atoms with Gasteiger partial charge in [-0.3, -0.25) is 9.52 Å². The molecule has 0 fully saturated rings. The van der Waals surface area contributed by atoms with Crippen LogP contribution in [0.25, 0.3) is 0 Å². The highest BCUT2D eigenvalue weighted by molar-refractivity contribution is 7.93. The van der Waals surface area contributed by atoms with Crippen LogP contribution in [0.4, 0.5) is 5.69 Å². The summed E-state index contributed by atoms with van der Waals surface area (Å²) in [6.07, 6.45) is 1.54. The smallest absolute Gasteiger partial charge is 0.263 e. The number of thiophene rings is 1. The second kappa shape index (κ2) is 9.77. The number of benzene rings is 2. The first-order valence-electron chi connectivity index (χ1n) is 9.47. The maximum atomic E-state index is 12.7. The second-order valence-electron chi connectivity index (χ2n) is 6.79. The first-order valence-corrected chi connectivity index (χ1v) is 11.8. The predicted octanol–water partition coefficient (Wildman–Crippen LogP) is 4.23. The normalized spacial score (nSPS) is 11.1. The number of ether oxygens (including phenoxy) is 1. The third-order valence-electron chi connectivity index (χ3n) is 4.52. The molecular weight excluding hydrogens is 420 g/mol. The van der Waals surface area contributed by atoms with E-state index in [1.54, 1.807) is 24.6 Å². The van der Waals surface area contributed by atoms with Crippen LogP contribution >= 0.6 is 11.3 Å². The monoisotopic (exact) mass is 444 g/mol. The molecule has 0 aliphatic carbocycles. The van der Waals surface area contributed by atoms with Gasteiger partial charge in [-0.05, 0) is 61.0 Å². The lowest BCUT2D eigenvalue weighted by Gasteiger charge is -2.10. The lowest BCUT2D eigenvalue weighted by Crippen LogP contribution is -2.26. The summed E-state index contributed by atoms with van der Waals surface area (Å²) in [6, 6.07) is 16.3. The summed E-state index contributed by atoms with van der Waals surface area (Å²) >= 11 is 1.11.